The van der Waals surface area contributed by atoms with E-state index in [0.29, 0.717) is 11.3 Å². The molecule has 2 unspecified atom stereocenters. The summed E-state index contributed by atoms with van der Waals surface area (Å²) in [6.45, 7) is 15.7. The predicted molar refractivity (Wildman–Crippen MR) is 132 cm³/mol. The number of esters is 2. The lowest BCUT2D eigenvalue weighted by molar-refractivity contribution is -0.140. The Morgan fingerprint density at radius 2 is 1.82 bits per heavy atom. The van der Waals surface area contributed by atoms with Crippen LogP contribution in [0.4, 0.5) is 0 Å². The van der Waals surface area contributed by atoms with Gasteiger partial charge in [0.05, 0.1) is 13.2 Å². The molecule has 0 bridgehead atoms. The van der Waals surface area contributed by atoms with Crippen molar-refractivity contribution < 1.29 is 29.0 Å². The molecular formula is C28H38O6. The fourth-order valence-corrected chi connectivity index (χ4v) is 4.37. The molecular weight excluding hydrogens is 432 g/mol. The van der Waals surface area contributed by atoms with E-state index in [0.717, 1.165) is 36.8 Å². The minimum absolute atomic E-state index is 0.0206. The van der Waals surface area contributed by atoms with Crippen LogP contribution >= 0.6 is 0 Å². The van der Waals surface area contributed by atoms with Crippen molar-refractivity contribution in [2.45, 2.75) is 84.0 Å². The van der Waals surface area contributed by atoms with Gasteiger partial charge in [0.25, 0.3) is 0 Å². The number of ketones is 1. The Morgan fingerprint density at radius 3 is 2.41 bits per heavy atom. The Bertz CT molecular complexity index is 926. The summed E-state index contributed by atoms with van der Waals surface area (Å²) in [5.41, 5.74) is 1.75. The highest BCUT2D eigenvalue weighted by Gasteiger charge is 2.51. The lowest BCUT2D eigenvalue weighted by Crippen LogP contribution is -2.36. The molecule has 0 saturated heterocycles. The van der Waals surface area contributed by atoms with E-state index in [1.165, 1.54) is 0 Å². The lowest BCUT2D eigenvalue weighted by Gasteiger charge is -2.28. The van der Waals surface area contributed by atoms with Gasteiger partial charge < -0.3 is 14.6 Å². The highest BCUT2D eigenvalue weighted by molar-refractivity contribution is 5.99. The first-order chi connectivity index (χ1) is 16.1. The van der Waals surface area contributed by atoms with Gasteiger partial charge in [-0.25, -0.2) is 4.79 Å². The predicted octanol–water partition coefficient (Wildman–Crippen LogP) is 5.11. The summed E-state index contributed by atoms with van der Waals surface area (Å²) in [6, 6.07) is 4.09. The fourth-order valence-electron chi connectivity index (χ4n) is 4.37. The number of aliphatic hydroxyl groups is 1. The van der Waals surface area contributed by atoms with E-state index < -0.39 is 17.4 Å². The molecule has 0 saturated carbocycles. The normalized spacial score (nSPS) is 17.6. The molecule has 2 atom stereocenters. The van der Waals surface area contributed by atoms with Crippen LogP contribution in [0.25, 0.3) is 0 Å². The molecule has 2 rings (SSSR count). The Kier molecular flexibility index (Phi) is 9.80. The average Bonchev–Trinajstić information content (AvgIpc) is 3.08. The summed E-state index contributed by atoms with van der Waals surface area (Å²) in [5.74, 6) is -0.657. The van der Waals surface area contributed by atoms with E-state index in [1.54, 1.807) is 6.92 Å². The Balaban J connectivity index is 2.69. The Hall–Kier alpha value is -2.73. The number of hydrogen-bond donors (Lipinski definition) is 1. The first-order valence-electron chi connectivity index (χ1n) is 12.2. The Morgan fingerprint density at radius 1 is 1.15 bits per heavy atom. The molecule has 0 fully saturated rings. The van der Waals surface area contributed by atoms with Crippen molar-refractivity contribution in [1.82, 2.24) is 0 Å². The second-order valence-electron chi connectivity index (χ2n) is 9.12. The van der Waals surface area contributed by atoms with Gasteiger partial charge in [-0.2, -0.15) is 0 Å². The summed E-state index contributed by atoms with van der Waals surface area (Å²) in [7, 11) is 0. The van der Waals surface area contributed by atoms with Crippen molar-refractivity contribution >= 4 is 17.7 Å². The van der Waals surface area contributed by atoms with Crippen LogP contribution in [0.2, 0.25) is 0 Å². The third kappa shape index (κ3) is 5.84. The molecule has 6 nitrogen and oxygen atoms in total. The summed E-state index contributed by atoms with van der Waals surface area (Å²) in [5, 5.41) is 9.21. The van der Waals surface area contributed by atoms with Crippen molar-refractivity contribution in [2.75, 3.05) is 13.2 Å². The van der Waals surface area contributed by atoms with Crippen molar-refractivity contribution in [3.63, 3.8) is 0 Å². The number of aliphatic hydroxyl groups excluding tert-OH is 1. The van der Waals surface area contributed by atoms with Crippen molar-refractivity contribution in [2.24, 2.45) is 0 Å². The highest BCUT2D eigenvalue weighted by atomic mass is 16.5. The summed E-state index contributed by atoms with van der Waals surface area (Å²) in [6.07, 6.45) is 3.48. The van der Waals surface area contributed by atoms with Crippen LogP contribution in [0.3, 0.4) is 0 Å². The van der Waals surface area contributed by atoms with Gasteiger partial charge in [-0.15, -0.1) is 0 Å². The molecule has 0 aliphatic carbocycles. The number of rotatable bonds is 14. The molecule has 0 amide bonds. The maximum atomic E-state index is 13.5. The van der Waals surface area contributed by atoms with Crippen LogP contribution in [0.1, 0.15) is 88.8 Å². The summed E-state index contributed by atoms with van der Waals surface area (Å²) >= 11 is 0. The van der Waals surface area contributed by atoms with E-state index in [-0.39, 0.29) is 55.3 Å². The van der Waals surface area contributed by atoms with Crippen molar-refractivity contribution in [3.8, 4) is 5.75 Å². The van der Waals surface area contributed by atoms with Crippen LogP contribution in [0, 0.1) is 0 Å². The number of hydrogen-bond acceptors (Lipinski definition) is 6. The minimum atomic E-state index is -1.31. The number of allylic oxidation sites excluding steroid dienone is 1. The fraction of sp³-hybridized carbons (Fsp3) is 0.536. The molecule has 34 heavy (non-hydrogen) atoms. The van der Waals surface area contributed by atoms with Crippen molar-refractivity contribution in [1.29, 1.82) is 0 Å². The zero-order valence-corrected chi connectivity index (χ0v) is 21.0. The van der Waals surface area contributed by atoms with Crippen LogP contribution in [0.15, 0.2) is 36.4 Å². The molecule has 1 aliphatic heterocycles. The number of carbonyl (C=O) groups excluding carboxylic acids is 3. The molecule has 1 heterocycles. The molecule has 1 aromatic rings. The van der Waals surface area contributed by atoms with Gasteiger partial charge in [0.2, 0.25) is 0 Å². The van der Waals surface area contributed by atoms with Crippen LogP contribution in [-0.4, -0.2) is 36.0 Å². The molecule has 1 aliphatic rings. The molecule has 1 N–H and O–H groups in total. The van der Waals surface area contributed by atoms with Crippen LogP contribution < -0.4 is 4.74 Å². The molecule has 0 spiro atoms. The zero-order chi connectivity index (χ0) is 25.5. The van der Waals surface area contributed by atoms with Gasteiger partial charge in [-0.1, -0.05) is 52.5 Å². The number of ether oxygens (including phenoxy) is 2. The minimum Gasteiger partial charge on any atom is -0.463 e. The van der Waals surface area contributed by atoms with Gasteiger partial charge in [-0.05, 0) is 61.6 Å². The SMILES string of the molecule is C=C(CC1(CC(=C)C(=O)OCC)C(=O)Oc2c(CCCC)cc(C(C)CC)cc21)C(=O)CCO. The van der Waals surface area contributed by atoms with E-state index >= 15 is 0 Å². The van der Waals surface area contributed by atoms with Gasteiger partial charge in [0.1, 0.15) is 11.2 Å². The van der Waals surface area contributed by atoms with E-state index in [9.17, 15) is 19.5 Å². The number of carbonyl (C=O) groups is 3. The molecule has 186 valence electrons. The quantitative estimate of drug-likeness (QED) is 0.231. The van der Waals surface area contributed by atoms with Gasteiger partial charge >= 0.3 is 11.9 Å². The first-order valence-corrected chi connectivity index (χ1v) is 12.2. The third-order valence-electron chi connectivity index (χ3n) is 6.60. The largest absolute Gasteiger partial charge is 0.463 e. The topological polar surface area (TPSA) is 89.9 Å². The second kappa shape index (κ2) is 12.1. The molecule has 0 aromatic heterocycles. The van der Waals surface area contributed by atoms with E-state index in [1.807, 2.05) is 6.07 Å². The lowest BCUT2D eigenvalue weighted by atomic mass is 9.70. The average molecular weight is 471 g/mol. The van der Waals surface area contributed by atoms with Crippen molar-refractivity contribution in [3.05, 3.63) is 53.1 Å². The third-order valence-corrected chi connectivity index (χ3v) is 6.60. The maximum Gasteiger partial charge on any atom is 0.333 e. The molecule has 1 aromatic carbocycles. The van der Waals surface area contributed by atoms with Gasteiger partial charge in [0, 0.05) is 17.6 Å². The van der Waals surface area contributed by atoms with Gasteiger partial charge in [-0.3, -0.25) is 9.59 Å². The van der Waals surface area contributed by atoms with E-state index in [2.05, 4.69) is 40.0 Å². The molecule has 0 radical (unpaired) electrons. The second-order valence-corrected chi connectivity index (χ2v) is 9.12. The zero-order valence-electron chi connectivity index (χ0n) is 21.0. The Labute approximate surface area is 203 Å². The summed E-state index contributed by atoms with van der Waals surface area (Å²) < 4.78 is 11.0. The number of fused-ring (bicyclic) bond motifs is 1. The van der Waals surface area contributed by atoms with Crippen LogP contribution in [-0.2, 0) is 31.0 Å². The smallest absolute Gasteiger partial charge is 0.333 e. The number of aryl methyl sites for hydroxylation is 1. The van der Waals surface area contributed by atoms with Gasteiger partial charge in [0.15, 0.2) is 5.78 Å². The standard InChI is InChI=1S/C28H38O6/c1-7-10-11-21-14-22(18(4)8-2)15-23-25(21)34-27(32)28(23,16-19(5)24(30)12-13-29)17-20(6)26(31)33-9-3/h14-15,18,29H,5-13,16-17H2,1-4H3. The molecule has 6 heteroatoms. The van der Waals surface area contributed by atoms with Crippen LogP contribution in [0.5, 0.6) is 5.75 Å². The number of Topliss-reactive ketones (excluding diaryl/α,β-unsaturated/α-hetero) is 1. The maximum absolute atomic E-state index is 13.5. The monoisotopic (exact) mass is 470 g/mol. The first kappa shape index (κ1) is 27.5. The highest BCUT2D eigenvalue weighted by Crippen LogP contribution is 2.50. The number of unbranched alkanes of at least 4 members (excludes halogenated alkanes) is 1. The summed E-state index contributed by atoms with van der Waals surface area (Å²) in [4.78, 5) is 38.5. The number of benzene rings is 1. The van der Waals surface area contributed by atoms with E-state index in [4.69, 9.17) is 9.47 Å².